The SMILES string of the molecule is CCC/C(=C\C=C(\C)CC)CCC=O.CCCC1=C(C)OC(C2=CC=C(C#N)CC2)N1. The average molecular weight is 425 g/mol. The van der Waals surface area contributed by atoms with E-state index >= 15 is 0 Å². The summed E-state index contributed by atoms with van der Waals surface area (Å²) in [4.78, 5) is 10.3. The first-order valence-electron chi connectivity index (χ1n) is 11.7. The molecule has 0 aromatic carbocycles. The third-order valence-corrected chi connectivity index (χ3v) is 5.50. The number of aldehydes is 1. The van der Waals surface area contributed by atoms with Crippen molar-refractivity contribution in [3.63, 3.8) is 0 Å². The smallest absolute Gasteiger partial charge is 0.192 e. The van der Waals surface area contributed by atoms with Gasteiger partial charge in [-0.25, -0.2) is 0 Å². The number of hydrogen-bond donors (Lipinski definition) is 1. The van der Waals surface area contributed by atoms with Crippen LogP contribution in [0, 0.1) is 11.3 Å². The van der Waals surface area contributed by atoms with Gasteiger partial charge in [-0.3, -0.25) is 0 Å². The van der Waals surface area contributed by atoms with Gasteiger partial charge in [0.25, 0.3) is 0 Å². The summed E-state index contributed by atoms with van der Waals surface area (Å²) in [5, 5.41) is 12.2. The number of nitrogens with zero attached hydrogens (tertiary/aromatic N) is 1. The van der Waals surface area contributed by atoms with Crippen molar-refractivity contribution in [2.45, 2.75) is 98.6 Å². The highest BCUT2D eigenvalue weighted by Crippen LogP contribution is 2.28. The molecule has 1 heterocycles. The van der Waals surface area contributed by atoms with E-state index in [1.807, 2.05) is 19.1 Å². The molecule has 0 saturated carbocycles. The maximum Gasteiger partial charge on any atom is 0.192 e. The maximum absolute atomic E-state index is 10.3. The molecule has 0 fully saturated rings. The molecule has 4 nitrogen and oxygen atoms in total. The molecular weight excluding hydrogens is 384 g/mol. The third kappa shape index (κ3) is 9.87. The van der Waals surface area contributed by atoms with Gasteiger partial charge in [-0.1, -0.05) is 63.0 Å². The molecule has 0 aromatic rings. The van der Waals surface area contributed by atoms with Crippen molar-refractivity contribution in [3.8, 4) is 6.07 Å². The minimum Gasteiger partial charge on any atom is -0.470 e. The molecule has 1 unspecified atom stereocenters. The molecule has 1 aliphatic carbocycles. The Hall–Kier alpha value is -2.54. The largest absolute Gasteiger partial charge is 0.470 e. The van der Waals surface area contributed by atoms with Crippen molar-refractivity contribution in [2.24, 2.45) is 0 Å². The van der Waals surface area contributed by atoms with Crippen molar-refractivity contribution >= 4 is 6.29 Å². The Kier molecular flexibility index (Phi) is 13.1. The quantitative estimate of drug-likeness (QED) is 0.298. The molecule has 0 amide bonds. The zero-order valence-electron chi connectivity index (χ0n) is 20.1. The summed E-state index contributed by atoms with van der Waals surface area (Å²) >= 11 is 0. The molecule has 1 aliphatic heterocycles. The van der Waals surface area contributed by atoms with E-state index in [0.717, 1.165) is 69.0 Å². The molecule has 0 saturated heterocycles. The van der Waals surface area contributed by atoms with Crippen LogP contribution in [0.5, 0.6) is 0 Å². The molecule has 170 valence electrons. The Bertz CT molecular complexity index is 776. The van der Waals surface area contributed by atoms with E-state index in [4.69, 9.17) is 10.00 Å². The summed E-state index contributed by atoms with van der Waals surface area (Å²) in [5.41, 5.74) is 6.09. The van der Waals surface area contributed by atoms with Crippen LogP contribution in [0.2, 0.25) is 0 Å². The minimum absolute atomic E-state index is 0.0203. The van der Waals surface area contributed by atoms with Crippen molar-refractivity contribution < 1.29 is 9.53 Å². The summed E-state index contributed by atoms with van der Waals surface area (Å²) in [6, 6.07) is 2.20. The third-order valence-electron chi connectivity index (χ3n) is 5.50. The summed E-state index contributed by atoms with van der Waals surface area (Å²) in [5.74, 6) is 1.01. The van der Waals surface area contributed by atoms with Crippen molar-refractivity contribution in [1.29, 1.82) is 5.26 Å². The normalized spacial score (nSPS) is 18.8. The molecular formula is C27H40N2O2. The molecule has 0 radical (unpaired) electrons. The fourth-order valence-corrected chi connectivity index (χ4v) is 3.40. The Balaban J connectivity index is 0.000000318. The molecule has 0 spiro atoms. The van der Waals surface area contributed by atoms with Gasteiger partial charge in [-0.05, 0) is 64.0 Å². The molecule has 0 bridgehead atoms. The number of nitriles is 1. The highest BCUT2D eigenvalue weighted by molar-refractivity contribution is 5.50. The lowest BCUT2D eigenvalue weighted by Gasteiger charge is -2.19. The van der Waals surface area contributed by atoms with Crippen molar-refractivity contribution in [3.05, 3.63) is 58.1 Å². The van der Waals surface area contributed by atoms with Crippen LogP contribution in [0.25, 0.3) is 0 Å². The zero-order valence-corrected chi connectivity index (χ0v) is 20.1. The molecule has 1 atom stereocenters. The predicted octanol–water partition coefficient (Wildman–Crippen LogP) is 7.18. The van der Waals surface area contributed by atoms with Gasteiger partial charge in [0.2, 0.25) is 0 Å². The van der Waals surface area contributed by atoms with Crippen LogP contribution in [-0.4, -0.2) is 12.5 Å². The highest BCUT2D eigenvalue weighted by atomic mass is 16.5. The number of ether oxygens (including phenoxy) is 1. The number of rotatable bonds is 10. The molecule has 31 heavy (non-hydrogen) atoms. The van der Waals surface area contributed by atoms with E-state index < -0.39 is 0 Å². The fourth-order valence-electron chi connectivity index (χ4n) is 3.40. The second-order valence-electron chi connectivity index (χ2n) is 8.12. The first kappa shape index (κ1) is 26.5. The molecule has 2 rings (SSSR count). The van der Waals surface area contributed by atoms with Gasteiger partial charge in [0.1, 0.15) is 12.0 Å². The van der Waals surface area contributed by atoms with Crippen LogP contribution >= 0.6 is 0 Å². The van der Waals surface area contributed by atoms with Crippen LogP contribution in [0.4, 0.5) is 0 Å². The number of allylic oxidation sites excluding steroid dienone is 9. The number of nitrogens with one attached hydrogen (secondary N) is 1. The van der Waals surface area contributed by atoms with Gasteiger partial charge in [0, 0.05) is 12.0 Å². The average Bonchev–Trinajstić information content (AvgIpc) is 3.16. The van der Waals surface area contributed by atoms with E-state index in [0.29, 0.717) is 6.42 Å². The van der Waals surface area contributed by atoms with Crippen LogP contribution in [0.3, 0.4) is 0 Å². The predicted molar refractivity (Wildman–Crippen MR) is 129 cm³/mol. The lowest BCUT2D eigenvalue weighted by Crippen LogP contribution is -2.27. The van der Waals surface area contributed by atoms with Crippen LogP contribution in [0.1, 0.15) is 92.4 Å². The standard InChI is InChI=1S/C14H18N2O.C13H22O/c1-3-4-13-10(2)17-14(16-13)12-7-5-11(9-15)6-8-12;1-4-7-13(8-6-11-14)10-9-12(3)5-2/h5,7,14,16H,3-4,6,8H2,1-2H3;9-11H,4-8H2,1-3H3/b;12-9-,13-10+. The second-order valence-corrected chi connectivity index (χ2v) is 8.12. The number of hydrogen-bond acceptors (Lipinski definition) is 4. The summed E-state index contributed by atoms with van der Waals surface area (Å²) in [6.45, 7) is 10.6. The molecule has 2 aliphatic rings. The van der Waals surface area contributed by atoms with Gasteiger partial charge in [-0.2, -0.15) is 5.26 Å². The Morgan fingerprint density at radius 2 is 1.97 bits per heavy atom. The van der Waals surface area contributed by atoms with Crippen molar-refractivity contribution in [1.82, 2.24) is 5.32 Å². The van der Waals surface area contributed by atoms with Gasteiger partial charge in [0.05, 0.1) is 11.8 Å². The molecule has 4 heteroatoms. The van der Waals surface area contributed by atoms with E-state index in [-0.39, 0.29) is 6.23 Å². The summed E-state index contributed by atoms with van der Waals surface area (Å²) < 4.78 is 5.82. The summed E-state index contributed by atoms with van der Waals surface area (Å²) in [6.07, 6.45) is 18.1. The number of carbonyl (C=O) groups is 1. The molecule has 1 N–H and O–H groups in total. The first-order valence-corrected chi connectivity index (χ1v) is 11.7. The molecule has 0 aromatic heterocycles. The van der Waals surface area contributed by atoms with Gasteiger partial charge in [0.15, 0.2) is 6.23 Å². The van der Waals surface area contributed by atoms with E-state index in [1.54, 1.807) is 0 Å². The fraction of sp³-hybridized carbons (Fsp3) is 0.556. The number of carbonyl (C=O) groups excluding carboxylic acids is 1. The zero-order chi connectivity index (χ0) is 23.1. The van der Waals surface area contributed by atoms with Crippen LogP contribution < -0.4 is 5.32 Å². The van der Waals surface area contributed by atoms with Crippen LogP contribution in [-0.2, 0) is 9.53 Å². The van der Waals surface area contributed by atoms with Gasteiger partial charge < -0.3 is 14.8 Å². The van der Waals surface area contributed by atoms with E-state index in [1.165, 1.54) is 22.4 Å². The van der Waals surface area contributed by atoms with E-state index in [2.05, 4.69) is 51.2 Å². The van der Waals surface area contributed by atoms with Gasteiger partial charge >= 0.3 is 0 Å². The Labute approximate surface area is 189 Å². The Morgan fingerprint density at radius 1 is 1.19 bits per heavy atom. The minimum atomic E-state index is -0.0203. The second kappa shape index (κ2) is 15.3. The van der Waals surface area contributed by atoms with Gasteiger partial charge in [-0.15, -0.1) is 0 Å². The first-order chi connectivity index (χ1) is 15.0. The Morgan fingerprint density at radius 3 is 2.52 bits per heavy atom. The highest BCUT2D eigenvalue weighted by Gasteiger charge is 2.25. The van der Waals surface area contributed by atoms with Crippen molar-refractivity contribution in [2.75, 3.05) is 0 Å². The van der Waals surface area contributed by atoms with Crippen LogP contribution in [0.15, 0.2) is 58.1 Å². The maximum atomic E-state index is 10.3. The lowest BCUT2D eigenvalue weighted by molar-refractivity contribution is -0.107. The monoisotopic (exact) mass is 424 g/mol. The van der Waals surface area contributed by atoms with E-state index in [9.17, 15) is 4.79 Å². The summed E-state index contributed by atoms with van der Waals surface area (Å²) in [7, 11) is 0. The lowest BCUT2D eigenvalue weighted by atomic mass is 9.98. The topological polar surface area (TPSA) is 62.1 Å².